The number of nitrogens with zero attached hydrogens (tertiary/aromatic N) is 3. The summed E-state index contributed by atoms with van der Waals surface area (Å²) in [7, 11) is 1.85. The lowest BCUT2D eigenvalue weighted by Crippen LogP contribution is -2.48. The van der Waals surface area contributed by atoms with E-state index in [1.807, 2.05) is 31.0 Å². The van der Waals surface area contributed by atoms with Crippen LogP contribution in [0, 0.1) is 0 Å². The summed E-state index contributed by atoms with van der Waals surface area (Å²) < 4.78 is 5.31. The number of urea groups is 1. The number of amides is 3. The molecular formula is C17H26N4O3. The van der Waals surface area contributed by atoms with E-state index in [4.69, 9.17) is 4.42 Å². The molecule has 2 fully saturated rings. The van der Waals surface area contributed by atoms with E-state index in [2.05, 4.69) is 10.2 Å². The number of hydrogen-bond acceptors (Lipinski definition) is 4. The Labute approximate surface area is 142 Å². The Kier molecular flexibility index (Phi) is 5.08. The van der Waals surface area contributed by atoms with Gasteiger partial charge in [-0.3, -0.25) is 9.69 Å². The highest BCUT2D eigenvalue weighted by Crippen LogP contribution is 2.20. The first-order valence-corrected chi connectivity index (χ1v) is 8.61. The van der Waals surface area contributed by atoms with Gasteiger partial charge in [-0.05, 0) is 31.9 Å². The lowest BCUT2D eigenvalue weighted by Gasteiger charge is -2.36. The van der Waals surface area contributed by atoms with Gasteiger partial charge in [-0.15, -0.1) is 0 Å². The molecule has 1 atom stereocenters. The van der Waals surface area contributed by atoms with Crippen LogP contribution >= 0.6 is 0 Å². The molecule has 0 spiro atoms. The molecule has 1 N–H and O–H groups in total. The Morgan fingerprint density at radius 2 is 2.08 bits per heavy atom. The molecule has 2 saturated heterocycles. The zero-order chi connectivity index (χ0) is 17.1. The summed E-state index contributed by atoms with van der Waals surface area (Å²) in [6.07, 6.45) is 3.47. The fourth-order valence-electron chi connectivity index (χ4n) is 3.50. The van der Waals surface area contributed by atoms with Gasteiger partial charge in [0.1, 0.15) is 5.76 Å². The van der Waals surface area contributed by atoms with Gasteiger partial charge in [0.2, 0.25) is 5.91 Å². The number of rotatable bonds is 5. The molecule has 0 bridgehead atoms. The van der Waals surface area contributed by atoms with Crippen LogP contribution in [0.2, 0.25) is 0 Å². The zero-order valence-electron chi connectivity index (χ0n) is 14.4. The predicted molar refractivity (Wildman–Crippen MR) is 89.5 cm³/mol. The molecule has 3 heterocycles. The third-order valence-electron chi connectivity index (χ3n) is 4.96. The van der Waals surface area contributed by atoms with Crippen LogP contribution in [-0.4, -0.2) is 72.5 Å². The minimum atomic E-state index is -0.122. The quantitative estimate of drug-likeness (QED) is 0.881. The molecule has 1 aromatic heterocycles. The largest absolute Gasteiger partial charge is 0.467 e. The van der Waals surface area contributed by atoms with Crippen molar-refractivity contribution in [2.24, 2.45) is 0 Å². The molecule has 7 heteroatoms. The third kappa shape index (κ3) is 3.72. The summed E-state index contributed by atoms with van der Waals surface area (Å²) >= 11 is 0. The van der Waals surface area contributed by atoms with Crippen LogP contribution in [0.15, 0.2) is 22.8 Å². The summed E-state index contributed by atoms with van der Waals surface area (Å²) in [5.41, 5.74) is 0. The molecule has 0 radical (unpaired) electrons. The first kappa shape index (κ1) is 16.8. The lowest BCUT2D eigenvalue weighted by molar-refractivity contribution is -0.123. The van der Waals surface area contributed by atoms with Crippen LogP contribution < -0.4 is 5.32 Å². The second kappa shape index (κ2) is 7.25. The second-order valence-corrected chi connectivity index (χ2v) is 6.71. The molecule has 2 aliphatic heterocycles. The molecule has 1 aromatic rings. The van der Waals surface area contributed by atoms with E-state index in [9.17, 15) is 9.59 Å². The molecule has 0 unspecified atom stereocenters. The Morgan fingerprint density at radius 1 is 1.33 bits per heavy atom. The summed E-state index contributed by atoms with van der Waals surface area (Å²) in [4.78, 5) is 30.2. The summed E-state index contributed by atoms with van der Waals surface area (Å²) in [5, 5.41) is 2.96. The number of likely N-dealkylation sites (N-methyl/N-ethyl adjacent to an activating group) is 1. The minimum Gasteiger partial charge on any atom is -0.467 e. The van der Waals surface area contributed by atoms with Crippen LogP contribution in [0.5, 0.6) is 0 Å². The van der Waals surface area contributed by atoms with Crippen molar-refractivity contribution in [3.63, 3.8) is 0 Å². The number of likely N-dealkylation sites (tertiary alicyclic amines) is 1. The number of piperidine rings is 1. The maximum Gasteiger partial charge on any atom is 0.320 e. The Bertz CT molecular complexity index is 566. The van der Waals surface area contributed by atoms with Crippen LogP contribution in [0.1, 0.15) is 31.6 Å². The average molecular weight is 334 g/mol. The van der Waals surface area contributed by atoms with E-state index in [0.29, 0.717) is 12.6 Å². The van der Waals surface area contributed by atoms with Crippen molar-refractivity contribution >= 4 is 11.9 Å². The van der Waals surface area contributed by atoms with Crippen molar-refractivity contribution in [2.75, 3.05) is 39.8 Å². The van der Waals surface area contributed by atoms with Gasteiger partial charge < -0.3 is 19.5 Å². The molecular weight excluding hydrogens is 308 g/mol. The van der Waals surface area contributed by atoms with Crippen molar-refractivity contribution in [3.8, 4) is 0 Å². The van der Waals surface area contributed by atoms with Gasteiger partial charge >= 0.3 is 6.03 Å². The zero-order valence-corrected chi connectivity index (χ0v) is 14.4. The smallest absolute Gasteiger partial charge is 0.320 e. The fourth-order valence-corrected chi connectivity index (χ4v) is 3.50. The van der Waals surface area contributed by atoms with Gasteiger partial charge in [0.05, 0.1) is 18.8 Å². The molecule has 7 nitrogen and oxygen atoms in total. The number of carbonyl (C=O) groups excluding carboxylic acids is 2. The summed E-state index contributed by atoms with van der Waals surface area (Å²) in [6, 6.07) is 4.01. The van der Waals surface area contributed by atoms with Crippen LogP contribution in [0.25, 0.3) is 0 Å². The van der Waals surface area contributed by atoms with Crippen molar-refractivity contribution in [3.05, 3.63) is 24.2 Å². The van der Waals surface area contributed by atoms with Crippen molar-refractivity contribution < 1.29 is 14.0 Å². The van der Waals surface area contributed by atoms with E-state index >= 15 is 0 Å². The Morgan fingerprint density at radius 3 is 2.67 bits per heavy atom. The topological polar surface area (TPSA) is 69.0 Å². The summed E-state index contributed by atoms with van der Waals surface area (Å²) in [5.74, 6) is 0.771. The second-order valence-electron chi connectivity index (χ2n) is 6.71. The lowest BCUT2D eigenvalue weighted by atomic mass is 10.0. The van der Waals surface area contributed by atoms with Crippen LogP contribution in [0.4, 0.5) is 4.79 Å². The van der Waals surface area contributed by atoms with E-state index in [1.165, 1.54) is 0 Å². The van der Waals surface area contributed by atoms with Crippen molar-refractivity contribution in [1.29, 1.82) is 0 Å². The molecule has 3 amide bonds. The molecule has 132 valence electrons. The molecule has 0 saturated carbocycles. The van der Waals surface area contributed by atoms with E-state index < -0.39 is 0 Å². The van der Waals surface area contributed by atoms with Gasteiger partial charge in [-0.1, -0.05) is 0 Å². The monoisotopic (exact) mass is 334 g/mol. The standard InChI is InChI=1S/C17H26N4O3/c1-13(15-4-3-11-24-15)18-16(22)12-20-7-5-14(6-8-20)21-10-9-19(2)17(21)23/h3-4,11,13-14H,5-10,12H2,1-2H3,(H,18,22)/t13-/m1/s1. The number of hydrogen-bond donors (Lipinski definition) is 1. The molecule has 0 aliphatic carbocycles. The third-order valence-corrected chi connectivity index (χ3v) is 4.96. The normalized spacial score (nSPS) is 21.3. The highest BCUT2D eigenvalue weighted by Gasteiger charge is 2.33. The SMILES string of the molecule is C[C@@H](NC(=O)CN1CCC(N2CCN(C)C2=O)CC1)c1ccco1. The van der Waals surface area contributed by atoms with Gasteiger partial charge in [0, 0.05) is 39.3 Å². The van der Waals surface area contributed by atoms with E-state index in [1.54, 1.807) is 11.2 Å². The predicted octanol–water partition coefficient (Wildman–Crippen LogP) is 1.29. The van der Waals surface area contributed by atoms with Crippen LogP contribution in [-0.2, 0) is 4.79 Å². The highest BCUT2D eigenvalue weighted by molar-refractivity contribution is 5.78. The van der Waals surface area contributed by atoms with E-state index in [-0.39, 0.29) is 18.0 Å². The van der Waals surface area contributed by atoms with E-state index in [0.717, 1.165) is 44.8 Å². The van der Waals surface area contributed by atoms with Crippen LogP contribution in [0.3, 0.4) is 0 Å². The molecule has 24 heavy (non-hydrogen) atoms. The van der Waals surface area contributed by atoms with Gasteiger partial charge in [-0.2, -0.15) is 0 Å². The Balaban J connectivity index is 1.42. The number of furan rings is 1. The maximum absolute atomic E-state index is 12.2. The van der Waals surface area contributed by atoms with Gasteiger partial charge in [-0.25, -0.2) is 4.79 Å². The van der Waals surface area contributed by atoms with Crippen molar-refractivity contribution in [1.82, 2.24) is 20.0 Å². The molecule has 2 aliphatic rings. The first-order valence-electron chi connectivity index (χ1n) is 8.61. The maximum atomic E-state index is 12.2. The number of nitrogens with one attached hydrogen (secondary N) is 1. The molecule has 0 aromatic carbocycles. The number of carbonyl (C=O) groups is 2. The van der Waals surface area contributed by atoms with Crippen molar-refractivity contribution in [2.45, 2.75) is 31.8 Å². The van der Waals surface area contributed by atoms with Gasteiger partial charge in [0.15, 0.2) is 0 Å². The fraction of sp³-hybridized carbons (Fsp3) is 0.647. The highest BCUT2D eigenvalue weighted by atomic mass is 16.3. The summed E-state index contributed by atoms with van der Waals surface area (Å²) in [6.45, 7) is 5.64. The average Bonchev–Trinajstić information content (AvgIpc) is 3.20. The minimum absolute atomic E-state index is 0.00864. The molecule has 3 rings (SSSR count). The van der Waals surface area contributed by atoms with Gasteiger partial charge in [0.25, 0.3) is 0 Å². The first-order chi connectivity index (χ1) is 11.5. The Hall–Kier alpha value is -2.02.